The predicted octanol–water partition coefficient (Wildman–Crippen LogP) is 6.81. The maximum Gasteiger partial charge on any atom is 0.278 e. The number of carbonyl (C=O) groups is 1. The van der Waals surface area contributed by atoms with E-state index < -0.39 is 0 Å². The van der Waals surface area contributed by atoms with Crippen molar-refractivity contribution >= 4 is 40.5 Å². The van der Waals surface area contributed by atoms with Crippen LogP contribution in [0, 0.1) is 0 Å². The highest BCUT2D eigenvalue weighted by molar-refractivity contribution is 8.13. The summed E-state index contributed by atoms with van der Waals surface area (Å²) in [7, 11) is 0. The Labute approximate surface area is 211 Å². The van der Waals surface area contributed by atoms with Gasteiger partial charge in [0.2, 0.25) is 0 Å². The standard InChI is InChI=1S/C27H31ClN2O3S/c28-22-11-13-23(14-12-22)32-16-5-3-1-2-4-6-17-33-24-10-7-9-21(19-24)20-25-26(31)30-15-8-18-34-27(30)29-25/h7,9-14,19-20H,1-6,8,15-18H2/b25-20-. The van der Waals surface area contributed by atoms with E-state index in [1.165, 1.54) is 19.3 Å². The van der Waals surface area contributed by atoms with Crippen molar-refractivity contribution in [2.75, 3.05) is 25.5 Å². The molecule has 1 saturated heterocycles. The second-order valence-corrected chi connectivity index (χ2v) is 9.93. The molecular formula is C27H31ClN2O3S. The molecule has 4 rings (SSSR count). The largest absolute Gasteiger partial charge is 0.494 e. The lowest BCUT2D eigenvalue weighted by Gasteiger charge is -2.21. The Hall–Kier alpha value is -2.44. The molecule has 0 N–H and O–H groups in total. The molecule has 2 aromatic carbocycles. The number of unbranched alkanes of at least 4 members (excludes halogenated alkanes) is 5. The maximum absolute atomic E-state index is 12.5. The van der Waals surface area contributed by atoms with Gasteiger partial charge < -0.3 is 9.47 Å². The number of amidine groups is 1. The van der Waals surface area contributed by atoms with Crippen LogP contribution in [-0.2, 0) is 4.79 Å². The minimum absolute atomic E-state index is 0.00469. The molecular weight excluding hydrogens is 468 g/mol. The fourth-order valence-electron chi connectivity index (χ4n) is 3.90. The first-order valence-corrected chi connectivity index (χ1v) is 13.4. The third-order valence-electron chi connectivity index (χ3n) is 5.72. The average molecular weight is 499 g/mol. The second-order valence-electron chi connectivity index (χ2n) is 8.43. The molecule has 5 nitrogen and oxygen atoms in total. The fourth-order valence-corrected chi connectivity index (χ4v) is 4.97. The van der Waals surface area contributed by atoms with Crippen LogP contribution in [-0.4, -0.2) is 41.5 Å². The zero-order valence-corrected chi connectivity index (χ0v) is 21.0. The molecule has 2 aromatic rings. The van der Waals surface area contributed by atoms with Crippen LogP contribution in [0.4, 0.5) is 0 Å². The molecule has 1 fully saturated rings. The molecule has 0 saturated carbocycles. The average Bonchev–Trinajstić information content (AvgIpc) is 3.17. The lowest BCUT2D eigenvalue weighted by molar-refractivity contribution is -0.122. The molecule has 34 heavy (non-hydrogen) atoms. The van der Waals surface area contributed by atoms with E-state index in [-0.39, 0.29) is 5.91 Å². The molecule has 7 heteroatoms. The number of aliphatic imine (C=N–C) groups is 1. The fraction of sp³-hybridized carbons (Fsp3) is 0.407. The van der Waals surface area contributed by atoms with Crippen molar-refractivity contribution in [2.24, 2.45) is 4.99 Å². The summed E-state index contributed by atoms with van der Waals surface area (Å²) in [5.74, 6) is 2.74. The number of amides is 1. The predicted molar refractivity (Wildman–Crippen MR) is 141 cm³/mol. The topological polar surface area (TPSA) is 51.1 Å². The molecule has 2 heterocycles. The van der Waals surface area contributed by atoms with Gasteiger partial charge in [0.15, 0.2) is 5.17 Å². The van der Waals surface area contributed by atoms with Crippen molar-refractivity contribution in [3.8, 4) is 11.5 Å². The van der Waals surface area contributed by atoms with Crippen LogP contribution in [0.1, 0.15) is 50.5 Å². The van der Waals surface area contributed by atoms with Gasteiger partial charge in [0.05, 0.1) is 13.2 Å². The number of hydrogen-bond acceptors (Lipinski definition) is 5. The Morgan fingerprint density at radius 2 is 1.65 bits per heavy atom. The molecule has 0 bridgehead atoms. The highest BCUT2D eigenvalue weighted by atomic mass is 35.5. The first-order chi connectivity index (χ1) is 16.7. The molecule has 0 aliphatic carbocycles. The first-order valence-electron chi connectivity index (χ1n) is 12.1. The zero-order valence-electron chi connectivity index (χ0n) is 19.4. The summed E-state index contributed by atoms with van der Waals surface area (Å²) in [5, 5.41) is 1.57. The SMILES string of the molecule is O=C1/C(=C/c2cccc(OCCCCCCCCOc3ccc(Cl)cc3)c2)N=C2SCCCN12. The van der Waals surface area contributed by atoms with E-state index in [9.17, 15) is 4.79 Å². The number of fused-ring (bicyclic) bond motifs is 1. The smallest absolute Gasteiger partial charge is 0.278 e. The van der Waals surface area contributed by atoms with Crippen LogP contribution in [0.5, 0.6) is 11.5 Å². The second kappa shape index (κ2) is 12.9. The van der Waals surface area contributed by atoms with Crippen molar-refractivity contribution < 1.29 is 14.3 Å². The van der Waals surface area contributed by atoms with Gasteiger partial charge in [0, 0.05) is 17.3 Å². The Kier molecular flexibility index (Phi) is 9.34. The van der Waals surface area contributed by atoms with Crippen molar-refractivity contribution in [2.45, 2.75) is 44.9 Å². The lowest BCUT2D eigenvalue weighted by atomic mass is 10.1. The van der Waals surface area contributed by atoms with Crippen molar-refractivity contribution in [1.82, 2.24) is 4.90 Å². The molecule has 180 valence electrons. The number of rotatable bonds is 12. The molecule has 1 amide bonds. The van der Waals surface area contributed by atoms with Crippen LogP contribution in [0.2, 0.25) is 5.02 Å². The monoisotopic (exact) mass is 498 g/mol. The van der Waals surface area contributed by atoms with Gasteiger partial charge in [-0.2, -0.15) is 0 Å². The summed E-state index contributed by atoms with van der Waals surface area (Å²) < 4.78 is 11.7. The van der Waals surface area contributed by atoms with Gasteiger partial charge in [-0.1, -0.05) is 61.2 Å². The number of ether oxygens (including phenoxy) is 2. The summed E-state index contributed by atoms with van der Waals surface area (Å²) in [6.45, 7) is 2.21. The Balaban J connectivity index is 1.09. The summed E-state index contributed by atoms with van der Waals surface area (Å²) >= 11 is 7.54. The van der Waals surface area contributed by atoms with Crippen molar-refractivity contribution in [3.05, 3.63) is 64.8 Å². The summed E-state index contributed by atoms with van der Waals surface area (Å²) in [5.41, 5.74) is 1.45. The quantitative estimate of drug-likeness (QED) is 0.238. The van der Waals surface area contributed by atoms with Gasteiger partial charge in [-0.25, -0.2) is 4.99 Å². The van der Waals surface area contributed by atoms with Crippen LogP contribution in [0.15, 0.2) is 59.2 Å². The Morgan fingerprint density at radius 3 is 2.38 bits per heavy atom. The normalized spacial score (nSPS) is 16.5. The van der Waals surface area contributed by atoms with Gasteiger partial charge in [0.1, 0.15) is 17.2 Å². The minimum Gasteiger partial charge on any atom is -0.494 e. The summed E-state index contributed by atoms with van der Waals surface area (Å²) in [6, 6.07) is 15.4. The first kappa shape index (κ1) is 24.7. The van der Waals surface area contributed by atoms with E-state index >= 15 is 0 Å². The van der Waals surface area contributed by atoms with E-state index in [4.69, 9.17) is 21.1 Å². The van der Waals surface area contributed by atoms with E-state index in [1.807, 2.05) is 54.6 Å². The molecule has 0 aromatic heterocycles. The zero-order chi connectivity index (χ0) is 23.6. The summed E-state index contributed by atoms with van der Waals surface area (Å²) in [6.07, 6.45) is 9.71. The van der Waals surface area contributed by atoms with Gasteiger partial charge in [-0.15, -0.1) is 0 Å². The van der Waals surface area contributed by atoms with E-state index in [1.54, 1.807) is 16.7 Å². The van der Waals surface area contributed by atoms with Gasteiger partial charge >= 0.3 is 0 Å². The van der Waals surface area contributed by atoms with Crippen molar-refractivity contribution in [3.63, 3.8) is 0 Å². The number of thioether (sulfide) groups is 1. The molecule has 2 aliphatic rings. The van der Waals surface area contributed by atoms with Crippen LogP contribution in [0.25, 0.3) is 6.08 Å². The number of halogens is 1. The van der Waals surface area contributed by atoms with E-state index in [2.05, 4.69) is 4.99 Å². The van der Waals surface area contributed by atoms with Gasteiger partial charge in [0.25, 0.3) is 5.91 Å². The molecule has 0 unspecified atom stereocenters. The van der Waals surface area contributed by atoms with Crippen LogP contribution in [0.3, 0.4) is 0 Å². The summed E-state index contributed by atoms with van der Waals surface area (Å²) in [4.78, 5) is 18.9. The Bertz CT molecular complexity index is 1020. The maximum atomic E-state index is 12.5. The number of benzene rings is 2. The number of carbonyl (C=O) groups excluding carboxylic acids is 1. The highest BCUT2D eigenvalue weighted by Gasteiger charge is 2.32. The molecule has 0 radical (unpaired) electrons. The Morgan fingerprint density at radius 1 is 0.941 bits per heavy atom. The number of nitrogens with zero attached hydrogens (tertiary/aromatic N) is 2. The van der Waals surface area contributed by atoms with Gasteiger partial charge in [-0.05, 0) is 67.3 Å². The number of hydrogen-bond donors (Lipinski definition) is 0. The molecule has 0 atom stereocenters. The molecule has 2 aliphatic heterocycles. The molecule has 0 spiro atoms. The van der Waals surface area contributed by atoms with E-state index in [0.717, 1.165) is 71.8 Å². The third-order valence-corrected chi connectivity index (χ3v) is 7.03. The van der Waals surface area contributed by atoms with E-state index in [0.29, 0.717) is 12.3 Å². The third kappa shape index (κ3) is 7.28. The highest BCUT2D eigenvalue weighted by Crippen LogP contribution is 2.28. The van der Waals surface area contributed by atoms with Crippen LogP contribution < -0.4 is 9.47 Å². The van der Waals surface area contributed by atoms with Gasteiger partial charge in [-0.3, -0.25) is 9.69 Å². The van der Waals surface area contributed by atoms with Crippen molar-refractivity contribution in [1.29, 1.82) is 0 Å². The lowest BCUT2D eigenvalue weighted by Crippen LogP contribution is -2.34. The van der Waals surface area contributed by atoms with Crippen LogP contribution >= 0.6 is 23.4 Å². The minimum atomic E-state index is 0.00469.